The van der Waals surface area contributed by atoms with E-state index < -0.39 is 0 Å². The predicted octanol–water partition coefficient (Wildman–Crippen LogP) is 5.79. The molecule has 2 aromatic rings. The number of carbonyl (C=O) groups is 1. The summed E-state index contributed by atoms with van der Waals surface area (Å²) in [5.74, 6) is 0.656. The molecule has 0 N–H and O–H groups in total. The lowest BCUT2D eigenvalue weighted by atomic mass is 10.2. The van der Waals surface area contributed by atoms with Gasteiger partial charge in [-0.1, -0.05) is 28.6 Å². The van der Waals surface area contributed by atoms with E-state index in [0.29, 0.717) is 40.4 Å². The number of rotatable bonds is 7. The van der Waals surface area contributed by atoms with Crippen molar-refractivity contribution >= 4 is 50.5 Å². The van der Waals surface area contributed by atoms with Crippen molar-refractivity contribution in [3.05, 3.63) is 69.8 Å². The van der Waals surface area contributed by atoms with Gasteiger partial charge < -0.3 is 9.47 Å². The first kappa shape index (κ1) is 22.1. The third-order valence-electron chi connectivity index (χ3n) is 4.18. The Kier molecular flexibility index (Phi) is 7.33. The summed E-state index contributed by atoms with van der Waals surface area (Å²) in [6, 6.07) is 9.43. The molecule has 1 aliphatic heterocycles. The zero-order valence-electron chi connectivity index (χ0n) is 16.5. The maximum Gasteiger partial charge on any atom is 0.266 e. The normalized spacial score (nSPS) is 16.4. The van der Waals surface area contributed by atoms with Crippen LogP contribution in [0.5, 0.6) is 11.5 Å². The van der Waals surface area contributed by atoms with Crippen LogP contribution >= 0.6 is 27.7 Å². The molecule has 1 aliphatic rings. The Bertz CT molecular complexity index is 1020. The lowest BCUT2D eigenvalue weighted by molar-refractivity contribution is -0.122. The minimum atomic E-state index is -0.332. The number of ether oxygens (including phenoxy) is 2. The van der Waals surface area contributed by atoms with Crippen LogP contribution in [0.15, 0.2) is 63.4 Å². The molecule has 156 valence electrons. The number of carbonyl (C=O) groups excluding carboxylic acids is 1. The van der Waals surface area contributed by atoms with Crippen LogP contribution in [0.25, 0.3) is 6.08 Å². The van der Waals surface area contributed by atoms with Crippen LogP contribution in [0.4, 0.5) is 10.1 Å². The number of halogens is 2. The minimum Gasteiger partial charge on any atom is -0.493 e. The standard InChI is InChI=1S/C22H20BrFN2O3S/c1-4-10-29-19-13-17(23)14(11-18(19)28-3)12-20-21(27)26(5-2)22(30-20)25-16-8-6-15(24)7-9-16/h4,6-9,11-13H,1,5,10H2,2-3H3/b20-12+,25-22?. The molecule has 5 nitrogen and oxygen atoms in total. The zero-order chi connectivity index (χ0) is 21.7. The lowest BCUT2D eigenvalue weighted by Gasteiger charge is -2.12. The summed E-state index contributed by atoms with van der Waals surface area (Å²) in [5, 5.41) is 0.550. The highest BCUT2D eigenvalue weighted by Crippen LogP contribution is 2.38. The highest BCUT2D eigenvalue weighted by Gasteiger charge is 2.32. The average Bonchev–Trinajstić information content (AvgIpc) is 3.03. The highest BCUT2D eigenvalue weighted by atomic mass is 79.9. The minimum absolute atomic E-state index is 0.138. The fraction of sp³-hybridized carbons (Fsp3) is 0.182. The van der Waals surface area contributed by atoms with Crippen molar-refractivity contribution in [1.29, 1.82) is 0 Å². The number of aliphatic imine (C=N–C) groups is 1. The Morgan fingerprint density at radius 1 is 1.27 bits per heavy atom. The van der Waals surface area contributed by atoms with E-state index >= 15 is 0 Å². The van der Waals surface area contributed by atoms with Gasteiger partial charge in [-0.3, -0.25) is 9.69 Å². The number of likely N-dealkylation sites (N-methyl/N-ethyl adjacent to an activating group) is 1. The van der Waals surface area contributed by atoms with Gasteiger partial charge in [0.2, 0.25) is 0 Å². The molecule has 0 bridgehead atoms. The molecule has 30 heavy (non-hydrogen) atoms. The second-order valence-electron chi connectivity index (χ2n) is 6.16. The van der Waals surface area contributed by atoms with Crippen molar-refractivity contribution in [2.75, 3.05) is 20.3 Å². The molecule has 0 saturated carbocycles. The summed E-state index contributed by atoms with van der Waals surface area (Å²) in [6.07, 6.45) is 3.44. The third-order valence-corrected chi connectivity index (χ3v) is 5.88. The SMILES string of the molecule is C=CCOc1cc(Br)c(/C=C2/SC(=Nc3ccc(F)cc3)N(CC)C2=O)cc1OC. The summed E-state index contributed by atoms with van der Waals surface area (Å²) in [6.45, 7) is 6.35. The summed E-state index contributed by atoms with van der Waals surface area (Å²) < 4.78 is 24.9. The zero-order valence-corrected chi connectivity index (χ0v) is 18.9. The summed E-state index contributed by atoms with van der Waals surface area (Å²) in [5.41, 5.74) is 1.35. The first-order chi connectivity index (χ1) is 14.5. The van der Waals surface area contributed by atoms with Crippen molar-refractivity contribution in [2.45, 2.75) is 6.92 Å². The van der Waals surface area contributed by atoms with E-state index in [0.717, 1.165) is 10.0 Å². The van der Waals surface area contributed by atoms with E-state index in [9.17, 15) is 9.18 Å². The second kappa shape index (κ2) is 9.95. The number of hydrogen-bond acceptors (Lipinski definition) is 5. The van der Waals surface area contributed by atoms with E-state index in [-0.39, 0.29) is 11.7 Å². The van der Waals surface area contributed by atoms with Crippen LogP contribution in [0.2, 0.25) is 0 Å². The summed E-state index contributed by atoms with van der Waals surface area (Å²) in [7, 11) is 1.56. The van der Waals surface area contributed by atoms with Crippen molar-refractivity contribution in [1.82, 2.24) is 4.90 Å². The molecule has 3 rings (SSSR count). The van der Waals surface area contributed by atoms with Crippen molar-refractivity contribution in [2.24, 2.45) is 4.99 Å². The summed E-state index contributed by atoms with van der Waals surface area (Å²) in [4.78, 5) is 19.5. The van der Waals surface area contributed by atoms with Gasteiger partial charge in [-0.2, -0.15) is 0 Å². The Morgan fingerprint density at radius 2 is 2.00 bits per heavy atom. The Hall–Kier alpha value is -2.58. The van der Waals surface area contributed by atoms with Crippen molar-refractivity contribution in [3.8, 4) is 11.5 Å². The number of thioether (sulfide) groups is 1. The van der Waals surface area contributed by atoms with Gasteiger partial charge in [-0.05, 0) is 66.7 Å². The van der Waals surface area contributed by atoms with Gasteiger partial charge in [0.05, 0.1) is 17.7 Å². The Labute approximate surface area is 187 Å². The number of amidine groups is 1. The fourth-order valence-corrected chi connectivity index (χ4v) is 4.21. The molecule has 0 aliphatic carbocycles. The Morgan fingerprint density at radius 3 is 2.63 bits per heavy atom. The van der Waals surface area contributed by atoms with Crippen LogP contribution in [0.3, 0.4) is 0 Å². The number of nitrogens with zero attached hydrogens (tertiary/aromatic N) is 2. The second-order valence-corrected chi connectivity index (χ2v) is 8.02. The average molecular weight is 491 g/mol. The van der Waals surface area contributed by atoms with Gasteiger partial charge in [-0.15, -0.1) is 0 Å². The topological polar surface area (TPSA) is 51.1 Å². The smallest absolute Gasteiger partial charge is 0.266 e. The monoisotopic (exact) mass is 490 g/mol. The maximum atomic E-state index is 13.2. The van der Waals surface area contributed by atoms with Gasteiger partial charge in [0.25, 0.3) is 5.91 Å². The molecule has 0 atom stereocenters. The highest BCUT2D eigenvalue weighted by molar-refractivity contribution is 9.10. The molecule has 0 spiro atoms. The number of methoxy groups -OCH3 is 1. The first-order valence-electron chi connectivity index (χ1n) is 9.13. The van der Waals surface area contributed by atoms with E-state index in [4.69, 9.17) is 9.47 Å². The molecule has 1 heterocycles. The molecule has 1 fully saturated rings. The quantitative estimate of drug-likeness (QED) is 0.364. The molecular weight excluding hydrogens is 471 g/mol. The van der Waals surface area contributed by atoms with Crippen LogP contribution in [0.1, 0.15) is 12.5 Å². The lowest BCUT2D eigenvalue weighted by Crippen LogP contribution is -2.28. The van der Waals surface area contributed by atoms with Crippen LogP contribution in [-0.2, 0) is 4.79 Å². The molecule has 0 aromatic heterocycles. The number of benzene rings is 2. The third kappa shape index (κ3) is 4.94. The molecule has 1 saturated heterocycles. The van der Waals surface area contributed by atoms with Gasteiger partial charge in [0.1, 0.15) is 12.4 Å². The van der Waals surface area contributed by atoms with E-state index in [1.165, 1.54) is 23.9 Å². The summed E-state index contributed by atoms with van der Waals surface area (Å²) >= 11 is 4.80. The molecule has 1 amide bonds. The van der Waals surface area contributed by atoms with E-state index in [1.807, 2.05) is 6.92 Å². The fourth-order valence-electron chi connectivity index (χ4n) is 2.72. The van der Waals surface area contributed by atoms with Crippen molar-refractivity contribution < 1.29 is 18.7 Å². The maximum absolute atomic E-state index is 13.2. The molecule has 0 unspecified atom stereocenters. The first-order valence-corrected chi connectivity index (χ1v) is 10.7. The van der Waals surface area contributed by atoms with Gasteiger partial charge in [-0.25, -0.2) is 9.38 Å². The number of hydrogen-bond donors (Lipinski definition) is 0. The van der Waals surface area contributed by atoms with Gasteiger partial charge >= 0.3 is 0 Å². The molecular formula is C22H20BrFN2O3S. The van der Waals surface area contributed by atoms with Crippen LogP contribution in [-0.4, -0.2) is 36.2 Å². The predicted molar refractivity (Wildman–Crippen MR) is 123 cm³/mol. The number of amides is 1. The van der Waals surface area contributed by atoms with E-state index in [1.54, 1.807) is 48.4 Å². The molecule has 8 heteroatoms. The van der Waals surface area contributed by atoms with Gasteiger partial charge in [0, 0.05) is 11.0 Å². The largest absolute Gasteiger partial charge is 0.493 e. The van der Waals surface area contributed by atoms with E-state index in [2.05, 4.69) is 27.5 Å². The molecule has 0 radical (unpaired) electrons. The molecule has 2 aromatic carbocycles. The van der Waals surface area contributed by atoms with Crippen LogP contribution in [0, 0.1) is 5.82 Å². The van der Waals surface area contributed by atoms with Crippen LogP contribution < -0.4 is 9.47 Å². The van der Waals surface area contributed by atoms with Crippen molar-refractivity contribution in [3.63, 3.8) is 0 Å². The van der Waals surface area contributed by atoms with Gasteiger partial charge in [0.15, 0.2) is 16.7 Å². The Balaban J connectivity index is 1.94.